The molecule has 0 aliphatic carbocycles. The lowest BCUT2D eigenvalue weighted by Gasteiger charge is -2.26. The Morgan fingerprint density at radius 3 is 3.00 bits per heavy atom. The minimum absolute atomic E-state index is 0.0502. The molecular weight excluding hydrogens is 435 g/mol. The molecule has 3 aromatic heterocycles. The topological polar surface area (TPSA) is 88.9 Å². The molecule has 1 amide bonds. The molecule has 4 aromatic rings. The highest BCUT2D eigenvalue weighted by atomic mass is 19.1. The predicted octanol–water partition coefficient (Wildman–Crippen LogP) is 3.45. The van der Waals surface area contributed by atoms with Gasteiger partial charge in [-0.25, -0.2) is 15.0 Å². The Labute approximate surface area is 195 Å². The average molecular weight is 461 g/mol. The van der Waals surface area contributed by atoms with Crippen molar-refractivity contribution in [3.63, 3.8) is 0 Å². The van der Waals surface area contributed by atoms with Crippen molar-refractivity contribution in [2.24, 2.45) is 5.92 Å². The minimum Gasteiger partial charge on any atom is -0.374 e. The molecule has 0 saturated carbocycles. The molecule has 2 saturated heterocycles. The number of likely N-dealkylation sites (tertiary alicyclic amines) is 1. The molecule has 3 atom stereocenters. The number of ether oxygens (including phenoxy) is 1. The van der Waals surface area contributed by atoms with Crippen molar-refractivity contribution in [2.45, 2.75) is 38.5 Å². The molecule has 2 aliphatic heterocycles. The number of imidazole rings is 2. The van der Waals surface area contributed by atoms with E-state index in [9.17, 15) is 9.18 Å². The third-order valence-electron chi connectivity index (χ3n) is 6.65. The molecule has 6 rings (SSSR count). The van der Waals surface area contributed by atoms with E-state index in [0.717, 1.165) is 29.7 Å². The fourth-order valence-corrected chi connectivity index (χ4v) is 5.06. The Bertz CT molecular complexity index is 1360. The van der Waals surface area contributed by atoms with E-state index in [1.165, 1.54) is 6.07 Å². The van der Waals surface area contributed by atoms with Gasteiger partial charge in [-0.15, -0.1) is 0 Å². The van der Waals surface area contributed by atoms with Crippen LogP contribution in [0.5, 0.6) is 0 Å². The number of aromatic amines is 1. The number of pyridine rings is 1. The standard InChI is InChI=1S/C25H25FN6O2/c1-15(12-31-8-7-27-24(31)20-3-2-4-22(26)28-20)9-23-29-19-6-5-16(10-21(19)30-23)25(33)32-13-18-11-17(32)14-34-18/h2-8,10,15,17-18H,9,11-14H2,1H3,(H,29,30). The highest BCUT2D eigenvalue weighted by Gasteiger charge is 2.41. The summed E-state index contributed by atoms with van der Waals surface area (Å²) in [5.74, 6) is 1.27. The predicted molar refractivity (Wildman–Crippen MR) is 124 cm³/mol. The lowest BCUT2D eigenvalue weighted by Crippen LogP contribution is -2.41. The molecule has 0 spiro atoms. The summed E-state index contributed by atoms with van der Waals surface area (Å²) in [5.41, 5.74) is 2.88. The summed E-state index contributed by atoms with van der Waals surface area (Å²) in [5, 5.41) is 0. The zero-order chi connectivity index (χ0) is 23.2. The first kappa shape index (κ1) is 21.0. The van der Waals surface area contributed by atoms with E-state index in [2.05, 4.69) is 21.9 Å². The number of amides is 1. The van der Waals surface area contributed by atoms with Crippen LogP contribution in [-0.2, 0) is 17.7 Å². The molecule has 34 heavy (non-hydrogen) atoms. The van der Waals surface area contributed by atoms with E-state index in [1.54, 1.807) is 18.3 Å². The van der Waals surface area contributed by atoms with Crippen molar-refractivity contribution in [1.82, 2.24) is 29.4 Å². The van der Waals surface area contributed by atoms with Gasteiger partial charge in [-0.2, -0.15) is 4.39 Å². The van der Waals surface area contributed by atoms with E-state index in [0.29, 0.717) is 36.8 Å². The number of nitrogens with one attached hydrogen (secondary N) is 1. The van der Waals surface area contributed by atoms with Crippen LogP contribution in [0.25, 0.3) is 22.6 Å². The number of aromatic nitrogens is 5. The van der Waals surface area contributed by atoms with Crippen LogP contribution in [0.3, 0.4) is 0 Å². The number of benzene rings is 1. The second-order valence-corrected chi connectivity index (χ2v) is 9.28. The summed E-state index contributed by atoms with van der Waals surface area (Å²) >= 11 is 0. The van der Waals surface area contributed by atoms with E-state index < -0.39 is 5.95 Å². The van der Waals surface area contributed by atoms with Crippen LogP contribution in [0, 0.1) is 11.9 Å². The molecule has 2 bridgehead atoms. The maximum Gasteiger partial charge on any atom is 0.254 e. The van der Waals surface area contributed by atoms with Gasteiger partial charge in [-0.1, -0.05) is 13.0 Å². The normalized spacial score (nSPS) is 20.4. The van der Waals surface area contributed by atoms with Gasteiger partial charge in [-0.05, 0) is 42.7 Å². The monoisotopic (exact) mass is 460 g/mol. The highest BCUT2D eigenvalue weighted by molar-refractivity contribution is 5.97. The Kier molecular flexibility index (Phi) is 5.13. The molecule has 9 heteroatoms. The maximum atomic E-state index is 13.6. The lowest BCUT2D eigenvalue weighted by atomic mass is 10.1. The smallest absolute Gasteiger partial charge is 0.254 e. The Hall–Kier alpha value is -3.59. The van der Waals surface area contributed by atoms with Crippen LogP contribution >= 0.6 is 0 Å². The Balaban J connectivity index is 1.16. The van der Waals surface area contributed by atoms with Crippen molar-refractivity contribution in [2.75, 3.05) is 13.2 Å². The van der Waals surface area contributed by atoms with E-state index in [4.69, 9.17) is 9.72 Å². The second kappa shape index (κ2) is 8.32. The summed E-state index contributed by atoms with van der Waals surface area (Å²) in [6, 6.07) is 10.6. The van der Waals surface area contributed by atoms with Gasteiger partial charge in [0.2, 0.25) is 5.95 Å². The fraction of sp³-hybridized carbons (Fsp3) is 0.360. The average Bonchev–Trinajstić information content (AvgIpc) is 3.61. The number of halogens is 1. The van der Waals surface area contributed by atoms with Crippen LogP contribution in [0.4, 0.5) is 4.39 Å². The van der Waals surface area contributed by atoms with Gasteiger partial charge in [0, 0.05) is 37.5 Å². The number of H-pyrrole nitrogens is 1. The molecule has 2 aliphatic rings. The van der Waals surface area contributed by atoms with Gasteiger partial charge in [0.05, 0.1) is 29.8 Å². The van der Waals surface area contributed by atoms with Crippen LogP contribution in [0.15, 0.2) is 48.8 Å². The van der Waals surface area contributed by atoms with E-state index in [-0.39, 0.29) is 24.0 Å². The summed E-state index contributed by atoms with van der Waals surface area (Å²) in [6.45, 7) is 4.13. The molecule has 8 nitrogen and oxygen atoms in total. The number of carbonyl (C=O) groups is 1. The highest BCUT2D eigenvalue weighted by Crippen LogP contribution is 2.29. The first-order chi connectivity index (χ1) is 16.5. The zero-order valence-electron chi connectivity index (χ0n) is 18.8. The van der Waals surface area contributed by atoms with Gasteiger partial charge in [0.25, 0.3) is 5.91 Å². The number of fused-ring (bicyclic) bond motifs is 3. The quantitative estimate of drug-likeness (QED) is 0.445. The Morgan fingerprint density at radius 2 is 2.21 bits per heavy atom. The van der Waals surface area contributed by atoms with E-state index in [1.807, 2.05) is 33.9 Å². The number of morpholine rings is 1. The first-order valence-corrected chi connectivity index (χ1v) is 11.6. The third-order valence-corrected chi connectivity index (χ3v) is 6.65. The number of nitrogens with zero attached hydrogens (tertiary/aromatic N) is 5. The Morgan fingerprint density at radius 1 is 1.29 bits per heavy atom. The van der Waals surface area contributed by atoms with Crippen LogP contribution < -0.4 is 0 Å². The van der Waals surface area contributed by atoms with Gasteiger partial charge in [0.15, 0.2) is 5.82 Å². The SMILES string of the molecule is CC(Cc1nc2cc(C(=O)N3CC4CC3CO4)ccc2[nH]1)Cn1ccnc1-c1cccc(F)n1. The molecule has 0 radical (unpaired) electrons. The number of hydrogen-bond acceptors (Lipinski definition) is 5. The molecule has 5 heterocycles. The van der Waals surface area contributed by atoms with E-state index >= 15 is 0 Å². The molecule has 174 valence electrons. The lowest BCUT2D eigenvalue weighted by molar-refractivity contribution is 0.0259. The van der Waals surface area contributed by atoms with Crippen LogP contribution in [-0.4, -0.2) is 60.6 Å². The second-order valence-electron chi connectivity index (χ2n) is 9.28. The van der Waals surface area contributed by atoms with Gasteiger partial charge in [-0.3, -0.25) is 4.79 Å². The summed E-state index contributed by atoms with van der Waals surface area (Å²) < 4.78 is 21.2. The van der Waals surface area contributed by atoms with Gasteiger partial charge >= 0.3 is 0 Å². The largest absolute Gasteiger partial charge is 0.374 e. The number of rotatable bonds is 6. The molecule has 2 fully saturated rings. The van der Waals surface area contributed by atoms with Crippen molar-refractivity contribution in [1.29, 1.82) is 0 Å². The van der Waals surface area contributed by atoms with Gasteiger partial charge < -0.3 is 19.2 Å². The van der Waals surface area contributed by atoms with Crippen LogP contribution in [0.2, 0.25) is 0 Å². The molecule has 1 N–H and O–H groups in total. The van der Waals surface area contributed by atoms with Crippen molar-refractivity contribution >= 4 is 16.9 Å². The zero-order valence-corrected chi connectivity index (χ0v) is 18.8. The number of carbonyl (C=O) groups excluding carboxylic acids is 1. The van der Waals surface area contributed by atoms with Gasteiger partial charge in [0.1, 0.15) is 11.5 Å². The summed E-state index contributed by atoms with van der Waals surface area (Å²) in [7, 11) is 0. The first-order valence-electron chi connectivity index (χ1n) is 11.6. The summed E-state index contributed by atoms with van der Waals surface area (Å²) in [4.78, 5) is 31.4. The van der Waals surface area contributed by atoms with Crippen LogP contribution in [0.1, 0.15) is 29.5 Å². The summed E-state index contributed by atoms with van der Waals surface area (Å²) in [6.07, 6.45) is 5.42. The molecule has 1 aromatic carbocycles. The maximum absolute atomic E-state index is 13.6. The fourth-order valence-electron chi connectivity index (χ4n) is 5.06. The third kappa shape index (κ3) is 3.86. The van der Waals surface area contributed by atoms with Crippen molar-refractivity contribution in [3.8, 4) is 11.5 Å². The van der Waals surface area contributed by atoms with Crippen molar-refractivity contribution in [3.05, 3.63) is 66.1 Å². The number of hydrogen-bond donors (Lipinski definition) is 1. The van der Waals surface area contributed by atoms with Crippen molar-refractivity contribution < 1.29 is 13.9 Å². The molecule has 3 unspecified atom stereocenters. The molecular formula is C25H25FN6O2. The minimum atomic E-state index is -0.522.